The normalized spacial score (nSPS) is 10.3. The highest BCUT2D eigenvalue weighted by Crippen LogP contribution is 2.32. The standard InChI is InChI=1S/C17H17Cl2NO3/c1-3-22-14-9-8-11(10-15(14)23-4-2)17(21)20-16-12(18)6-5-7-13(16)19/h5-10H,3-4H2,1-2H3,(H,20,21). The van der Waals surface area contributed by atoms with Crippen LogP contribution in [0.2, 0.25) is 10.0 Å². The highest BCUT2D eigenvalue weighted by atomic mass is 35.5. The van der Waals surface area contributed by atoms with Crippen LogP contribution >= 0.6 is 23.2 Å². The van der Waals surface area contributed by atoms with Gasteiger partial charge in [-0.2, -0.15) is 0 Å². The molecule has 0 spiro atoms. The molecule has 0 aliphatic heterocycles. The lowest BCUT2D eigenvalue weighted by atomic mass is 10.1. The summed E-state index contributed by atoms with van der Waals surface area (Å²) >= 11 is 12.1. The van der Waals surface area contributed by atoms with E-state index in [1.54, 1.807) is 36.4 Å². The molecule has 0 bridgehead atoms. The monoisotopic (exact) mass is 353 g/mol. The van der Waals surface area contributed by atoms with Crippen molar-refractivity contribution in [2.45, 2.75) is 13.8 Å². The lowest BCUT2D eigenvalue weighted by Gasteiger charge is -2.13. The molecule has 0 aliphatic carbocycles. The summed E-state index contributed by atoms with van der Waals surface area (Å²) in [6, 6.07) is 10.0. The maximum absolute atomic E-state index is 12.4. The van der Waals surface area contributed by atoms with Gasteiger partial charge in [0.25, 0.3) is 5.91 Å². The van der Waals surface area contributed by atoms with Crippen LogP contribution in [0, 0.1) is 0 Å². The van der Waals surface area contributed by atoms with E-state index in [4.69, 9.17) is 32.7 Å². The summed E-state index contributed by atoms with van der Waals surface area (Å²) < 4.78 is 11.0. The van der Waals surface area contributed by atoms with Crippen molar-refractivity contribution in [3.8, 4) is 11.5 Å². The number of anilines is 1. The number of hydrogen-bond donors (Lipinski definition) is 1. The minimum absolute atomic E-state index is 0.330. The zero-order valence-electron chi connectivity index (χ0n) is 12.9. The molecule has 4 nitrogen and oxygen atoms in total. The van der Waals surface area contributed by atoms with Gasteiger partial charge in [-0.25, -0.2) is 0 Å². The van der Waals surface area contributed by atoms with E-state index < -0.39 is 0 Å². The minimum atomic E-state index is -0.330. The van der Waals surface area contributed by atoms with E-state index in [9.17, 15) is 4.79 Å². The second-order valence-electron chi connectivity index (χ2n) is 4.58. The van der Waals surface area contributed by atoms with Crippen LogP contribution in [0.25, 0.3) is 0 Å². The molecular weight excluding hydrogens is 337 g/mol. The quantitative estimate of drug-likeness (QED) is 0.790. The van der Waals surface area contributed by atoms with Crippen molar-refractivity contribution in [1.29, 1.82) is 0 Å². The Balaban J connectivity index is 2.27. The number of amides is 1. The lowest BCUT2D eigenvalue weighted by Crippen LogP contribution is -2.13. The topological polar surface area (TPSA) is 47.6 Å². The van der Waals surface area contributed by atoms with Gasteiger partial charge in [0, 0.05) is 5.56 Å². The van der Waals surface area contributed by atoms with Gasteiger partial charge >= 0.3 is 0 Å². The zero-order valence-corrected chi connectivity index (χ0v) is 14.4. The van der Waals surface area contributed by atoms with Gasteiger partial charge in [-0.3, -0.25) is 4.79 Å². The van der Waals surface area contributed by atoms with Crippen molar-refractivity contribution >= 4 is 34.8 Å². The van der Waals surface area contributed by atoms with E-state index in [0.29, 0.717) is 46.0 Å². The molecule has 23 heavy (non-hydrogen) atoms. The molecule has 0 saturated carbocycles. The van der Waals surface area contributed by atoms with E-state index in [0.717, 1.165) is 0 Å². The number of carbonyl (C=O) groups excluding carboxylic acids is 1. The Morgan fingerprint density at radius 2 is 1.61 bits per heavy atom. The number of hydrogen-bond acceptors (Lipinski definition) is 3. The average Bonchev–Trinajstić information content (AvgIpc) is 2.53. The van der Waals surface area contributed by atoms with Gasteiger partial charge in [0.05, 0.1) is 28.9 Å². The summed E-state index contributed by atoms with van der Waals surface area (Å²) in [6.07, 6.45) is 0. The summed E-state index contributed by atoms with van der Waals surface area (Å²) in [5.41, 5.74) is 0.806. The lowest BCUT2D eigenvalue weighted by molar-refractivity contribution is 0.102. The van der Waals surface area contributed by atoms with E-state index in [1.165, 1.54) is 0 Å². The largest absolute Gasteiger partial charge is 0.490 e. The molecule has 1 amide bonds. The summed E-state index contributed by atoms with van der Waals surface area (Å²) in [5.74, 6) is 0.790. The van der Waals surface area contributed by atoms with Gasteiger partial charge in [-0.05, 0) is 44.2 Å². The fourth-order valence-electron chi connectivity index (χ4n) is 2.00. The summed E-state index contributed by atoms with van der Waals surface area (Å²) in [7, 11) is 0. The molecule has 0 saturated heterocycles. The summed E-state index contributed by atoms with van der Waals surface area (Å²) in [5, 5.41) is 3.47. The van der Waals surface area contributed by atoms with Gasteiger partial charge in [0.2, 0.25) is 0 Å². The van der Waals surface area contributed by atoms with E-state index in [-0.39, 0.29) is 5.91 Å². The predicted octanol–water partition coefficient (Wildman–Crippen LogP) is 5.04. The van der Waals surface area contributed by atoms with Crippen molar-refractivity contribution in [1.82, 2.24) is 0 Å². The number of nitrogens with one attached hydrogen (secondary N) is 1. The Kier molecular flexibility index (Phi) is 6.13. The summed E-state index contributed by atoms with van der Waals surface area (Å²) in [4.78, 5) is 12.4. The maximum atomic E-state index is 12.4. The average molecular weight is 354 g/mol. The summed E-state index contributed by atoms with van der Waals surface area (Å²) in [6.45, 7) is 4.74. The second kappa shape index (κ2) is 8.09. The SMILES string of the molecule is CCOc1ccc(C(=O)Nc2c(Cl)cccc2Cl)cc1OCC. The first-order chi connectivity index (χ1) is 11.1. The van der Waals surface area contributed by atoms with Crippen LogP contribution in [-0.2, 0) is 0 Å². The molecule has 122 valence electrons. The Hall–Kier alpha value is -1.91. The maximum Gasteiger partial charge on any atom is 0.255 e. The molecular formula is C17H17Cl2NO3. The Morgan fingerprint density at radius 1 is 1.00 bits per heavy atom. The highest BCUT2D eigenvalue weighted by Gasteiger charge is 2.14. The van der Waals surface area contributed by atoms with Crippen LogP contribution in [0.1, 0.15) is 24.2 Å². The van der Waals surface area contributed by atoms with Crippen molar-refractivity contribution in [2.24, 2.45) is 0 Å². The molecule has 0 heterocycles. The molecule has 0 radical (unpaired) electrons. The van der Waals surface area contributed by atoms with Gasteiger partial charge in [0.1, 0.15) is 0 Å². The van der Waals surface area contributed by atoms with E-state index in [2.05, 4.69) is 5.32 Å². The minimum Gasteiger partial charge on any atom is -0.490 e. The fourth-order valence-corrected chi connectivity index (χ4v) is 2.49. The first kappa shape index (κ1) is 17.4. The first-order valence-corrected chi connectivity index (χ1v) is 7.97. The smallest absolute Gasteiger partial charge is 0.255 e. The molecule has 0 aliphatic rings. The fraction of sp³-hybridized carbons (Fsp3) is 0.235. The number of ether oxygens (including phenoxy) is 2. The predicted molar refractivity (Wildman–Crippen MR) is 93.2 cm³/mol. The van der Waals surface area contributed by atoms with Crippen molar-refractivity contribution in [3.63, 3.8) is 0 Å². The molecule has 2 aromatic carbocycles. The van der Waals surface area contributed by atoms with E-state index >= 15 is 0 Å². The Morgan fingerprint density at radius 3 is 2.22 bits per heavy atom. The second-order valence-corrected chi connectivity index (χ2v) is 5.39. The molecule has 0 aromatic heterocycles. The third kappa shape index (κ3) is 4.30. The van der Waals surface area contributed by atoms with Gasteiger partial charge in [-0.1, -0.05) is 29.3 Å². The molecule has 2 aromatic rings. The van der Waals surface area contributed by atoms with Crippen molar-refractivity contribution in [2.75, 3.05) is 18.5 Å². The third-order valence-electron chi connectivity index (χ3n) is 3.01. The molecule has 2 rings (SSSR count). The van der Waals surface area contributed by atoms with Crippen molar-refractivity contribution in [3.05, 3.63) is 52.0 Å². The van der Waals surface area contributed by atoms with Crippen molar-refractivity contribution < 1.29 is 14.3 Å². The van der Waals surface area contributed by atoms with Gasteiger partial charge in [-0.15, -0.1) is 0 Å². The van der Waals surface area contributed by atoms with Crippen LogP contribution in [-0.4, -0.2) is 19.1 Å². The molecule has 0 atom stereocenters. The van der Waals surface area contributed by atoms with Crippen LogP contribution in [0.15, 0.2) is 36.4 Å². The number of para-hydroxylation sites is 1. The molecule has 0 unspecified atom stereocenters. The van der Waals surface area contributed by atoms with Crippen LogP contribution in [0.3, 0.4) is 0 Å². The number of benzene rings is 2. The number of halogens is 2. The Bertz CT molecular complexity index is 684. The molecule has 0 fully saturated rings. The highest BCUT2D eigenvalue weighted by molar-refractivity contribution is 6.40. The van der Waals surface area contributed by atoms with Gasteiger partial charge in [0.15, 0.2) is 11.5 Å². The van der Waals surface area contributed by atoms with E-state index in [1.807, 2.05) is 13.8 Å². The molecule has 1 N–H and O–H groups in total. The Labute approximate surface area is 145 Å². The van der Waals surface area contributed by atoms with Crippen LogP contribution < -0.4 is 14.8 Å². The number of rotatable bonds is 6. The molecule has 6 heteroatoms. The number of carbonyl (C=O) groups is 1. The zero-order chi connectivity index (χ0) is 16.8. The van der Waals surface area contributed by atoms with Gasteiger partial charge < -0.3 is 14.8 Å². The third-order valence-corrected chi connectivity index (χ3v) is 3.64. The van der Waals surface area contributed by atoms with Crippen LogP contribution in [0.4, 0.5) is 5.69 Å². The van der Waals surface area contributed by atoms with Crippen LogP contribution in [0.5, 0.6) is 11.5 Å². The first-order valence-electron chi connectivity index (χ1n) is 7.21.